The Bertz CT molecular complexity index is 1130. The Morgan fingerprint density at radius 1 is 1.07 bits per heavy atom. The summed E-state index contributed by atoms with van der Waals surface area (Å²) in [7, 11) is 0. The van der Waals surface area contributed by atoms with Gasteiger partial charge in [-0.1, -0.05) is 55.2 Å². The van der Waals surface area contributed by atoms with Gasteiger partial charge in [-0.25, -0.2) is 9.97 Å². The maximum Gasteiger partial charge on any atom is 0.324 e. The fourth-order valence-corrected chi connectivity index (χ4v) is 5.33. The van der Waals surface area contributed by atoms with E-state index >= 15 is 0 Å². The number of ether oxygens (including phenoxy) is 1. The SMILES string of the molecule is CC1(C)C2CCC1(C(=O)Oc1ccccc1)c1nc3cc(Cl)c(Cl)cc3nc12. The molecule has 6 heteroatoms. The van der Waals surface area contributed by atoms with Gasteiger partial charge in [0.05, 0.1) is 32.5 Å². The van der Waals surface area contributed by atoms with Crippen LogP contribution in [0.1, 0.15) is 44.0 Å². The van der Waals surface area contributed by atoms with E-state index in [2.05, 4.69) is 13.8 Å². The highest BCUT2D eigenvalue weighted by molar-refractivity contribution is 6.42. The average molecular weight is 413 g/mol. The van der Waals surface area contributed by atoms with Gasteiger partial charge < -0.3 is 4.74 Å². The molecule has 0 spiro atoms. The van der Waals surface area contributed by atoms with E-state index in [-0.39, 0.29) is 17.3 Å². The first-order valence-corrected chi connectivity index (χ1v) is 10.0. The Labute approximate surface area is 172 Å². The van der Waals surface area contributed by atoms with E-state index < -0.39 is 5.41 Å². The van der Waals surface area contributed by atoms with E-state index in [9.17, 15) is 4.79 Å². The molecule has 4 nitrogen and oxygen atoms in total. The first-order chi connectivity index (χ1) is 13.3. The van der Waals surface area contributed by atoms with Gasteiger partial charge in [0.15, 0.2) is 0 Å². The number of esters is 1. The van der Waals surface area contributed by atoms with Crippen molar-refractivity contribution in [2.75, 3.05) is 0 Å². The van der Waals surface area contributed by atoms with Gasteiger partial charge in [0.25, 0.3) is 0 Å². The zero-order valence-electron chi connectivity index (χ0n) is 15.5. The lowest BCUT2D eigenvalue weighted by Crippen LogP contribution is -2.45. The van der Waals surface area contributed by atoms with E-state index in [0.29, 0.717) is 33.2 Å². The Morgan fingerprint density at radius 2 is 1.71 bits per heavy atom. The van der Waals surface area contributed by atoms with Crippen LogP contribution in [-0.4, -0.2) is 15.9 Å². The molecule has 0 amide bonds. The molecule has 2 aromatic carbocycles. The number of benzene rings is 2. The molecule has 0 N–H and O–H groups in total. The fraction of sp³-hybridized carbons (Fsp3) is 0.318. The van der Waals surface area contributed by atoms with Crippen molar-refractivity contribution < 1.29 is 9.53 Å². The van der Waals surface area contributed by atoms with Gasteiger partial charge in [-0.3, -0.25) is 4.79 Å². The highest BCUT2D eigenvalue weighted by Gasteiger charge is 2.69. The minimum atomic E-state index is -0.823. The summed E-state index contributed by atoms with van der Waals surface area (Å²) in [6.07, 6.45) is 1.58. The minimum Gasteiger partial charge on any atom is -0.426 e. The maximum atomic E-state index is 13.5. The van der Waals surface area contributed by atoms with E-state index in [0.717, 1.165) is 17.8 Å². The predicted molar refractivity (Wildman–Crippen MR) is 109 cm³/mol. The number of para-hydroxylation sites is 1. The molecule has 1 heterocycles. The molecular formula is C22H18Cl2N2O2. The van der Waals surface area contributed by atoms with E-state index in [1.54, 1.807) is 24.3 Å². The Hall–Kier alpha value is -2.17. The molecule has 2 unspecified atom stereocenters. The number of carbonyl (C=O) groups is 1. The number of nitrogens with zero attached hydrogens (tertiary/aromatic N) is 2. The average Bonchev–Trinajstić information content (AvgIpc) is 3.04. The topological polar surface area (TPSA) is 52.1 Å². The fourth-order valence-electron chi connectivity index (χ4n) is 5.01. The van der Waals surface area contributed by atoms with Gasteiger partial charge in [0.1, 0.15) is 11.2 Å². The molecule has 2 aliphatic carbocycles. The second-order valence-corrected chi connectivity index (χ2v) is 8.95. The van der Waals surface area contributed by atoms with Crippen molar-refractivity contribution in [3.63, 3.8) is 0 Å². The summed E-state index contributed by atoms with van der Waals surface area (Å²) in [5.74, 6) is 0.425. The summed E-state index contributed by atoms with van der Waals surface area (Å²) in [5, 5.41) is 0.871. The lowest BCUT2D eigenvalue weighted by molar-refractivity contribution is -0.144. The molecule has 1 saturated carbocycles. The van der Waals surface area contributed by atoms with Crippen LogP contribution in [0.25, 0.3) is 11.0 Å². The number of hydrogen-bond donors (Lipinski definition) is 0. The summed E-state index contributed by atoms with van der Waals surface area (Å²) >= 11 is 12.4. The Morgan fingerprint density at radius 3 is 2.39 bits per heavy atom. The van der Waals surface area contributed by atoms with Crippen molar-refractivity contribution in [3.8, 4) is 5.75 Å². The maximum absolute atomic E-state index is 13.5. The number of halogens is 2. The van der Waals surface area contributed by atoms with Crippen LogP contribution in [0.2, 0.25) is 10.0 Å². The third kappa shape index (κ3) is 2.22. The van der Waals surface area contributed by atoms with E-state index in [1.807, 2.05) is 18.2 Å². The predicted octanol–water partition coefficient (Wildman–Crippen LogP) is 5.70. The van der Waals surface area contributed by atoms with Crippen molar-refractivity contribution in [2.45, 2.75) is 38.0 Å². The smallest absolute Gasteiger partial charge is 0.324 e. The molecule has 28 heavy (non-hydrogen) atoms. The van der Waals surface area contributed by atoms with Crippen molar-refractivity contribution in [3.05, 3.63) is 63.9 Å². The second kappa shape index (κ2) is 5.91. The van der Waals surface area contributed by atoms with Crippen LogP contribution in [-0.2, 0) is 10.2 Å². The summed E-state index contributed by atoms with van der Waals surface area (Å²) in [6, 6.07) is 12.6. The van der Waals surface area contributed by atoms with Crippen LogP contribution >= 0.6 is 23.2 Å². The van der Waals surface area contributed by atoms with Crippen LogP contribution < -0.4 is 4.74 Å². The molecule has 0 saturated heterocycles. The Balaban J connectivity index is 1.69. The van der Waals surface area contributed by atoms with Crippen LogP contribution in [0, 0.1) is 5.41 Å². The molecule has 1 fully saturated rings. The molecule has 2 bridgehead atoms. The zero-order valence-corrected chi connectivity index (χ0v) is 17.0. The summed E-state index contributed by atoms with van der Waals surface area (Å²) in [4.78, 5) is 23.2. The third-order valence-electron chi connectivity index (χ3n) is 6.55. The van der Waals surface area contributed by atoms with Crippen molar-refractivity contribution in [1.29, 1.82) is 0 Å². The number of aromatic nitrogens is 2. The molecule has 2 atom stereocenters. The number of hydrogen-bond acceptors (Lipinski definition) is 4. The van der Waals surface area contributed by atoms with Gasteiger partial charge in [-0.15, -0.1) is 0 Å². The van der Waals surface area contributed by atoms with Gasteiger partial charge >= 0.3 is 5.97 Å². The molecule has 3 aromatic rings. The quantitative estimate of drug-likeness (QED) is 0.400. The largest absolute Gasteiger partial charge is 0.426 e. The van der Waals surface area contributed by atoms with Gasteiger partial charge in [0, 0.05) is 5.92 Å². The van der Waals surface area contributed by atoms with Crippen molar-refractivity contribution in [1.82, 2.24) is 9.97 Å². The van der Waals surface area contributed by atoms with Crippen molar-refractivity contribution >= 4 is 40.2 Å². The summed E-state index contributed by atoms with van der Waals surface area (Å²) in [6.45, 7) is 4.23. The number of rotatable bonds is 2. The third-order valence-corrected chi connectivity index (χ3v) is 7.27. The molecule has 0 aliphatic heterocycles. The van der Waals surface area contributed by atoms with E-state index in [4.69, 9.17) is 37.9 Å². The first kappa shape index (κ1) is 17.9. The van der Waals surface area contributed by atoms with Crippen LogP contribution in [0.3, 0.4) is 0 Å². The minimum absolute atomic E-state index is 0.150. The molecule has 2 aliphatic rings. The highest BCUT2D eigenvalue weighted by Crippen LogP contribution is 2.67. The van der Waals surface area contributed by atoms with Gasteiger partial charge in [-0.05, 0) is 42.5 Å². The number of carbonyl (C=O) groups excluding carboxylic acids is 1. The van der Waals surface area contributed by atoms with Crippen molar-refractivity contribution in [2.24, 2.45) is 5.41 Å². The molecule has 142 valence electrons. The lowest BCUT2D eigenvalue weighted by Gasteiger charge is -2.35. The second-order valence-electron chi connectivity index (χ2n) is 8.13. The molecule has 5 rings (SSSR count). The summed E-state index contributed by atoms with van der Waals surface area (Å²) in [5.41, 5.74) is 1.78. The van der Waals surface area contributed by atoms with Crippen LogP contribution in [0.5, 0.6) is 5.75 Å². The summed E-state index contributed by atoms with van der Waals surface area (Å²) < 4.78 is 5.81. The number of fused-ring (bicyclic) bond motifs is 6. The highest BCUT2D eigenvalue weighted by atomic mass is 35.5. The molecular weight excluding hydrogens is 395 g/mol. The normalized spacial score (nSPS) is 24.4. The standard InChI is InChI=1S/C22H18Cl2N2O2/c1-21(2)13-8-9-22(21,20(27)28-12-6-4-3-5-7-12)19-18(13)25-16-10-14(23)15(24)11-17(16)26-19/h3-7,10-11,13H,8-9H2,1-2H3. The van der Waals surface area contributed by atoms with Crippen LogP contribution in [0.15, 0.2) is 42.5 Å². The first-order valence-electron chi connectivity index (χ1n) is 9.29. The van der Waals surface area contributed by atoms with Gasteiger partial charge in [0.2, 0.25) is 0 Å². The molecule has 1 aromatic heterocycles. The van der Waals surface area contributed by atoms with Gasteiger partial charge in [-0.2, -0.15) is 0 Å². The lowest BCUT2D eigenvalue weighted by atomic mass is 9.68. The van der Waals surface area contributed by atoms with E-state index in [1.165, 1.54) is 0 Å². The monoisotopic (exact) mass is 412 g/mol. The molecule has 0 radical (unpaired) electrons. The zero-order chi connectivity index (χ0) is 19.7. The Kier molecular flexibility index (Phi) is 3.78. The van der Waals surface area contributed by atoms with Crippen LogP contribution in [0.4, 0.5) is 0 Å².